The normalized spacial score (nSPS) is 11.9. The third kappa shape index (κ3) is 6.21. The van der Waals surface area contributed by atoms with Crippen molar-refractivity contribution >= 4 is 15.9 Å². The Labute approximate surface area is 168 Å². The van der Waals surface area contributed by atoms with Crippen molar-refractivity contribution in [3.05, 3.63) is 101 Å². The largest absolute Gasteiger partial charge is 0.489 e. The Morgan fingerprint density at radius 3 is 2.15 bits per heavy atom. The fourth-order valence-electron chi connectivity index (χ4n) is 2.73. The molecule has 0 aliphatic rings. The number of alkyl halides is 1. The van der Waals surface area contributed by atoms with E-state index >= 15 is 0 Å². The second kappa shape index (κ2) is 10.3. The first-order valence-corrected chi connectivity index (χ1v) is 10.0. The zero-order valence-corrected chi connectivity index (χ0v) is 16.6. The summed E-state index contributed by atoms with van der Waals surface area (Å²) in [4.78, 5) is 0. The highest BCUT2D eigenvalue weighted by Gasteiger charge is 2.06. The Bertz CT molecular complexity index is 836. The van der Waals surface area contributed by atoms with E-state index in [4.69, 9.17) is 9.47 Å². The first-order chi connectivity index (χ1) is 13.2. The number of benzene rings is 3. The predicted octanol–water partition coefficient (Wildman–Crippen LogP) is 5.41. The first-order valence-electron chi connectivity index (χ1n) is 8.91. The van der Waals surface area contributed by atoms with Gasteiger partial charge in [-0.15, -0.1) is 0 Å². The van der Waals surface area contributed by atoms with Gasteiger partial charge in [0.2, 0.25) is 0 Å². The third-order valence-electron chi connectivity index (χ3n) is 4.17. The molecule has 0 saturated carbocycles. The molecule has 0 aliphatic heterocycles. The van der Waals surface area contributed by atoms with Crippen LogP contribution in [0.3, 0.4) is 0 Å². The van der Waals surface area contributed by atoms with E-state index in [9.17, 15) is 5.11 Å². The van der Waals surface area contributed by atoms with Crippen LogP contribution in [0.5, 0.6) is 5.75 Å². The van der Waals surface area contributed by atoms with Crippen LogP contribution < -0.4 is 4.74 Å². The second-order valence-corrected chi connectivity index (χ2v) is 6.98. The highest BCUT2D eigenvalue weighted by Crippen LogP contribution is 2.19. The number of aliphatic hydroxyl groups is 1. The van der Waals surface area contributed by atoms with Gasteiger partial charge in [0.15, 0.2) is 0 Å². The summed E-state index contributed by atoms with van der Waals surface area (Å²) in [6, 6.07) is 25.9. The molecule has 3 nitrogen and oxygen atoms in total. The molecular weight excluding hydrogens is 404 g/mol. The predicted molar refractivity (Wildman–Crippen MR) is 111 cm³/mol. The zero-order valence-electron chi connectivity index (χ0n) is 15.1. The topological polar surface area (TPSA) is 38.7 Å². The summed E-state index contributed by atoms with van der Waals surface area (Å²) in [5.41, 5.74) is 4.15. The molecule has 0 radical (unpaired) electrons. The lowest BCUT2D eigenvalue weighted by molar-refractivity contribution is 0.106. The lowest BCUT2D eigenvalue weighted by Crippen LogP contribution is -2.00. The van der Waals surface area contributed by atoms with Crippen molar-refractivity contribution in [1.82, 2.24) is 0 Å². The summed E-state index contributed by atoms with van der Waals surface area (Å²) in [5, 5.41) is 10.4. The lowest BCUT2D eigenvalue weighted by atomic mass is 10.1. The van der Waals surface area contributed by atoms with Crippen molar-refractivity contribution in [2.24, 2.45) is 0 Å². The van der Waals surface area contributed by atoms with Gasteiger partial charge in [-0.1, -0.05) is 82.7 Å². The molecule has 0 aliphatic carbocycles. The first kappa shape index (κ1) is 19.6. The molecule has 1 N–H and O–H groups in total. The molecule has 3 aromatic carbocycles. The number of aliphatic hydroxyl groups excluding tert-OH is 1. The van der Waals surface area contributed by atoms with Crippen LogP contribution in [0.1, 0.15) is 28.4 Å². The molecular formula is C23H23BrO3. The molecule has 140 valence electrons. The molecule has 4 heteroatoms. The van der Waals surface area contributed by atoms with Crippen LogP contribution >= 0.6 is 15.9 Å². The number of hydrogen-bond donors (Lipinski definition) is 1. The number of ether oxygens (including phenoxy) is 2. The van der Waals surface area contributed by atoms with Crippen LogP contribution in [-0.2, 0) is 24.6 Å². The van der Waals surface area contributed by atoms with E-state index in [0.717, 1.165) is 28.0 Å². The van der Waals surface area contributed by atoms with Crippen LogP contribution in [0.15, 0.2) is 78.9 Å². The zero-order chi connectivity index (χ0) is 18.9. The Balaban J connectivity index is 1.51. The van der Waals surface area contributed by atoms with Gasteiger partial charge in [-0.3, -0.25) is 0 Å². The Hall–Kier alpha value is -2.14. The SMILES string of the molecule is O[C@@H](CBr)c1cccc(COCc2cccc(OCc3ccccc3)c2)c1. The van der Waals surface area contributed by atoms with Crippen LogP contribution in [0.2, 0.25) is 0 Å². The highest BCUT2D eigenvalue weighted by molar-refractivity contribution is 9.09. The molecule has 0 bridgehead atoms. The summed E-state index contributed by atoms with van der Waals surface area (Å²) >= 11 is 3.30. The van der Waals surface area contributed by atoms with Gasteiger partial charge in [-0.2, -0.15) is 0 Å². The number of hydrogen-bond acceptors (Lipinski definition) is 3. The highest BCUT2D eigenvalue weighted by atomic mass is 79.9. The van der Waals surface area contributed by atoms with Crippen LogP contribution in [-0.4, -0.2) is 10.4 Å². The summed E-state index contributed by atoms with van der Waals surface area (Å²) in [5.74, 6) is 0.836. The molecule has 3 rings (SSSR count). The molecule has 0 aromatic heterocycles. The van der Waals surface area contributed by atoms with E-state index in [1.165, 1.54) is 0 Å². The van der Waals surface area contributed by atoms with Crippen LogP contribution in [0, 0.1) is 0 Å². The molecule has 0 amide bonds. The van der Waals surface area contributed by atoms with Crippen molar-refractivity contribution in [2.75, 3.05) is 5.33 Å². The van der Waals surface area contributed by atoms with E-state index in [-0.39, 0.29) is 0 Å². The molecule has 27 heavy (non-hydrogen) atoms. The fraction of sp³-hybridized carbons (Fsp3) is 0.217. The van der Waals surface area contributed by atoms with Crippen molar-refractivity contribution in [1.29, 1.82) is 0 Å². The Morgan fingerprint density at radius 2 is 1.41 bits per heavy atom. The van der Waals surface area contributed by atoms with Gasteiger partial charge in [0.05, 0.1) is 19.3 Å². The maximum atomic E-state index is 9.92. The van der Waals surface area contributed by atoms with Gasteiger partial charge in [0.1, 0.15) is 12.4 Å². The average Bonchev–Trinajstić information content (AvgIpc) is 2.73. The minimum Gasteiger partial charge on any atom is -0.489 e. The maximum absolute atomic E-state index is 9.92. The molecule has 3 aromatic rings. The Kier molecular flexibility index (Phi) is 7.45. The summed E-state index contributed by atoms with van der Waals surface area (Å²) in [6.45, 7) is 1.56. The smallest absolute Gasteiger partial charge is 0.120 e. The quantitative estimate of drug-likeness (QED) is 0.464. The minimum atomic E-state index is -0.497. The average molecular weight is 427 g/mol. The number of rotatable bonds is 9. The van der Waals surface area contributed by atoms with E-state index in [1.807, 2.05) is 78.9 Å². The third-order valence-corrected chi connectivity index (χ3v) is 4.78. The molecule has 0 fully saturated rings. The van der Waals surface area contributed by atoms with Gasteiger partial charge >= 0.3 is 0 Å². The van der Waals surface area contributed by atoms with Crippen molar-refractivity contribution in [2.45, 2.75) is 25.9 Å². The summed E-state index contributed by atoms with van der Waals surface area (Å²) < 4.78 is 11.7. The summed E-state index contributed by atoms with van der Waals surface area (Å²) in [6.07, 6.45) is -0.497. The number of halogens is 1. The molecule has 0 unspecified atom stereocenters. The van der Waals surface area contributed by atoms with Gasteiger partial charge in [-0.25, -0.2) is 0 Å². The van der Waals surface area contributed by atoms with E-state index in [1.54, 1.807) is 0 Å². The van der Waals surface area contributed by atoms with E-state index in [0.29, 0.717) is 25.2 Å². The minimum absolute atomic E-state index is 0.497. The van der Waals surface area contributed by atoms with Gasteiger partial charge in [0, 0.05) is 5.33 Å². The summed E-state index contributed by atoms with van der Waals surface area (Å²) in [7, 11) is 0. The monoisotopic (exact) mass is 426 g/mol. The fourth-order valence-corrected chi connectivity index (χ4v) is 3.11. The van der Waals surface area contributed by atoms with Crippen molar-refractivity contribution in [3.63, 3.8) is 0 Å². The maximum Gasteiger partial charge on any atom is 0.120 e. The van der Waals surface area contributed by atoms with Crippen LogP contribution in [0.4, 0.5) is 0 Å². The van der Waals surface area contributed by atoms with Crippen molar-refractivity contribution < 1.29 is 14.6 Å². The van der Waals surface area contributed by atoms with Gasteiger partial charge in [-0.05, 0) is 34.4 Å². The van der Waals surface area contributed by atoms with Gasteiger partial charge < -0.3 is 14.6 Å². The lowest BCUT2D eigenvalue weighted by Gasteiger charge is -2.11. The molecule has 1 atom stereocenters. The standard InChI is InChI=1S/C23H23BrO3/c24-14-23(25)21-10-4-8-19(12-21)15-26-16-20-9-5-11-22(13-20)27-17-18-6-2-1-3-7-18/h1-13,23,25H,14-17H2/t23-/m0/s1. The molecule has 0 spiro atoms. The van der Waals surface area contributed by atoms with E-state index in [2.05, 4.69) is 15.9 Å². The van der Waals surface area contributed by atoms with Crippen LogP contribution in [0.25, 0.3) is 0 Å². The van der Waals surface area contributed by atoms with Gasteiger partial charge in [0.25, 0.3) is 0 Å². The van der Waals surface area contributed by atoms with E-state index < -0.39 is 6.10 Å². The second-order valence-electron chi connectivity index (χ2n) is 6.33. The molecule has 0 heterocycles. The van der Waals surface area contributed by atoms with Crippen molar-refractivity contribution in [3.8, 4) is 5.75 Å². The molecule has 0 saturated heterocycles. The Morgan fingerprint density at radius 1 is 0.741 bits per heavy atom.